The number of anilines is 1. The van der Waals surface area contributed by atoms with Crippen LogP contribution in [0.1, 0.15) is 33.9 Å². The summed E-state index contributed by atoms with van der Waals surface area (Å²) < 4.78 is 11.9. The Balaban J connectivity index is 1.14. The van der Waals surface area contributed by atoms with E-state index in [0.717, 1.165) is 33.0 Å². The monoisotopic (exact) mass is 678 g/mol. The van der Waals surface area contributed by atoms with Crippen molar-refractivity contribution in [1.82, 2.24) is 4.98 Å². The highest BCUT2D eigenvalue weighted by molar-refractivity contribution is 8.00. The van der Waals surface area contributed by atoms with Gasteiger partial charge in [0.25, 0.3) is 0 Å². The maximum absolute atomic E-state index is 14.0. The van der Waals surface area contributed by atoms with E-state index in [1.807, 2.05) is 55.5 Å². The zero-order valence-electron chi connectivity index (χ0n) is 24.3. The van der Waals surface area contributed by atoms with Crippen molar-refractivity contribution < 1.29 is 19.1 Å². The second-order valence-corrected chi connectivity index (χ2v) is 15.3. The van der Waals surface area contributed by atoms with Crippen molar-refractivity contribution in [2.75, 3.05) is 12.0 Å². The number of halogens is 2. The summed E-state index contributed by atoms with van der Waals surface area (Å²) in [6.45, 7) is 2.22. The highest BCUT2D eigenvalue weighted by Crippen LogP contribution is 2.68. The molecule has 0 radical (unpaired) electrons. The predicted molar refractivity (Wildman–Crippen MR) is 176 cm³/mol. The molecule has 1 saturated heterocycles. The fraction of sp³-hybridized carbons (Fsp3) is 0.324. The van der Waals surface area contributed by atoms with E-state index in [2.05, 4.69) is 4.98 Å². The van der Waals surface area contributed by atoms with Gasteiger partial charge in [-0.3, -0.25) is 19.3 Å². The van der Waals surface area contributed by atoms with Crippen LogP contribution in [0.3, 0.4) is 0 Å². The Morgan fingerprint density at radius 2 is 1.69 bits per heavy atom. The number of H-pyrrole nitrogens is 1. The van der Waals surface area contributed by atoms with Crippen LogP contribution in [0.4, 0.5) is 5.69 Å². The van der Waals surface area contributed by atoms with Crippen LogP contribution in [0.15, 0.2) is 70.5 Å². The Morgan fingerprint density at radius 1 is 0.933 bits per heavy atom. The smallest absolute Gasteiger partial charge is 0.305 e. The summed E-state index contributed by atoms with van der Waals surface area (Å²) in [4.78, 5) is 45.9. The Hall–Kier alpha value is -3.24. The predicted octanol–water partition coefficient (Wildman–Crippen LogP) is 7.32. The van der Waals surface area contributed by atoms with E-state index in [-0.39, 0.29) is 64.1 Å². The van der Waals surface area contributed by atoms with E-state index in [9.17, 15) is 14.4 Å². The molecule has 2 aliphatic carbocycles. The summed E-state index contributed by atoms with van der Waals surface area (Å²) in [6.07, 6.45) is 0.826. The number of thioether (sulfide) groups is 1. The van der Waals surface area contributed by atoms with Gasteiger partial charge >= 0.3 is 4.87 Å². The zero-order chi connectivity index (χ0) is 31.1. The summed E-state index contributed by atoms with van der Waals surface area (Å²) in [6, 6.07) is 18.8. The lowest BCUT2D eigenvalue weighted by Crippen LogP contribution is -2.42. The van der Waals surface area contributed by atoms with Crippen LogP contribution in [0.5, 0.6) is 11.5 Å². The van der Waals surface area contributed by atoms with E-state index >= 15 is 0 Å². The second-order valence-electron chi connectivity index (χ2n) is 12.2. The van der Waals surface area contributed by atoms with Crippen LogP contribution < -0.4 is 19.2 Å². The molecule has 3 heterocycles. The van der Waals surface area contributed by atoms with Crippen molar-refractivity contribution in [2.45, 2.75) is 36.1 Å². The molecule has 8 rings (SSSR count). The molecule has 2 bridgehead atoms. The maximum atomic E-state index is 14.0. The lowest BCUT2D eigenvalue weighted by molar-refractivity contribution is -0.123. The molecular weight excluding hydrogens is 651 g/mol. The Labute approximate surface area is 277 Å². The third kappa shape index (κ3) is 4.57. The van der Waals surface area contributed by atoms with Crippen molar-refractivity contribution in [1.29, 1.82) is 0 Å². The van der Waals surface area contributed by atoms with Crippen LogP contribution >= 0.6 is 46.3 Å². The van der Waals surface area contributed by atoms with Crippen LogP contribution in [0.25, 0.3) is 0 Å². The molecule has 1 aromatic heterocycles. The molecule has 1 N–H and O–H groups in total. The Morgan fingerprint density at radius 3 is 2.42 bits per heavy atom. The molecule has 4 aromatic rings. The van der Waals surface area contributed by atoms with Gasteiger partial charge in [-0.15, -0.1) is 11.8 Å². The van der Waals surface area contributed by atoms with Crippen molar-refractivity contribution in [2.24, 2.45) is 29.6 Å². The standard InChI is InChI=1S/C34H28Cl2N2O5S2/c1-15-3-8-19(9-4-15)38-32(39)27-20-13-21(28(27)33(38)40)29-26(20)25(30-31(44-29)37-34(41)45-30)16-6-10-23(24(11-16)42-2)43-14-17-5-7-18(35)12-22(17)36/h3-12,20-21,25-29H,13-14H2,1-2H3,(H,37,41)/t20-,21-,25?,26?,27?,28?,29?/m1/s1. The van der Waals surface area contributed by atoms with Gasteiger partial charge in [0.1, 0.15) is 6.61 Å². The van der Waals surface area contributed by atoms with E-state index < -0.39 is 0 Å². The number of amides is 2. The average molecular weight is 680 g/mol. The van der Waals surface area contributed by atoms with Gasteiger partial charge < -0.3 is 14.5 Å². The number of thiazole rings is 1. The van der Waals surface area contributed by atoms with Gasteiger partial charge in [-0.2, -0.15) is 0 Å². The fourth-order valence-electron chi connectivity index (χ4n) is 8.13. The van der Waals surface area contributed by atoms with E-state index in [1.54, 1.807) is 31.0 Å². The van der Waals surface area contributed by atoms with Crippen LogP contribution in [-0.4, -0.2) is 29.2 Å². The minimum absolute atomic E-state index is 0.0220. The highest BCUT2D eigenvalue weighted by Gasteiger charge is 2.69. The Kier molecular flexibility index (Phi) is 7.09. The van der Waals surface area contributed by atoms with Crippen LogP contribution in [0.2, 0.25) is 10.0 Å². The quantitative estimate of drug-likeness (QED) is 0.215. The number of nitrogens with zero attached hydrogens (tertiary/aromatic N) is 1. The van der Waals surface area contributed by atoms with Crippen LogP contribution in [0, 0.1) is 36.5 Å². The topological polar surface area (TPSA) is 88.7 Å². The third-order valence-corrected chi connectivity index (χ3v) is 13.1. The van der Waals surface area contributed by atoms with Gasteiger partial charge in [-0.1, -0.05) is 64.4 Å². The van der Waals surface area contributed by atoms with E-state index in [1.165, 1.54) is 16.2 Å². The van der Waals surface area contributed by atoms with Crippen molar-refractivity contribution in [3.8, 4) is 11.5 Å². The number of methoxy groups -OCH3 is 1. The molecular formula is C34H28Cl2N2O5S2. The summed E-state index contributed by atoms with van der Waals surface area (Å²) in [5, 5.41) is 2.04. The minimum atomic E-state index is -0.362. The number of carbonyl (C=O) groups excluding carboxylic acids is 2. The molecule has 0 spiro atoms. The average Bonchev–Trinajstić information content (AvgIpc) is 3.76. The molecule has 4 aliphatic rings. The number of benzene rings is 3. The number of fused-ring (bicyclic) bond motifs is 9. The number of aromatic amines is 1. The Bertz CT molecular complexity index is 1920. The van der Waals surface area contributed by atoms with Gasteiger partial charge in [0.2, 0.25) is 11.8 Å². The van der Waals surface area contributed by atoms with E-state index in [0.29, 0.717) is 27.2 Å². The molecule has 3 aromatic carbocycles. The molecule has 2 amide bonds. The van der Waals surface area contributed by atoms with Gasteiger partial charge in [-0.05, 0) is 73.1 Å². The summed E-state index contributed by atoms with van der Waals surface area (Å²) in [5.74, 6) is 0.266. The van der Waals surface area contributed by atoms with Crippen LogP contribution in [-0.2, 0) is 16.2 Å². The highest BCUT2D eigenvalue weighted by atomic mass is 35.5. The molecule has 7 nitrogen and oxygen atoms in total. The molecule has 7 atom stereocenters. The number of hydrogen-bond donors (Lipinski definition) is 1. The normalized spacial score (nSPS) is 27.8. The molecule has 2 saturated carbocycles. The van der Waals surface area contributed by atoms with Crippen molar-refractivity contribution in [3.63, 3.8) is 0 Å². The number of aryl methyl sites for hydroxylation is 1. The fourth-order valence-corrected chi connectivity index (χ4v) is 11.5. The van der Waals surface area contributed by atoms with Gasteiger partial charge in [0.15, 0.2) is 11.5 Å². The molecule has 45 heavy (non-hydrogen) atoms. The van der Waals surface area contributed by atoms with Gasteiger partial charge in [0, 0.05) is 31.7 Å². The largest absolute Gasteiger partial charge is 0.493 e. The number of hydrogen-bond acceptors (Lipinski definition) is 7. The lowest BCUT2D eigenvalue weighted by Gasteiger charge is -2.43. The first-order chi connectivity index (χ1) is 21.7. The number of ether oxygens (including phenoxy) is 2. The number of aromatic nitrogens is 1. The second kappa shape index (κ2) is 10.9. The van der Waals surface area contributed by atoms with Gasteiger partial charge in [-0.25, -0.2) is 0 Å². The summed E-state index contributed by atoms with van der Waals surface area (Å²) >= 11 is 15.3. The SMILES string of the molecule is COc1cc(C2c3sc(=O)[nH]c3SC3C2[C@H]2C[C@@H]3C3C(=O)N(c4ccc(C)cc4)C(=O)C32)ccc1OCc1ccc(Cl)cc1Cl. The summed E-state index contributed by atoms with van der Waals surface area (Å²) in [5.41, 5.74) is 3.50. The zero-order valence-corrected chi connectivity index (χ0v) is 27.4. The number of nitrogens with one attached hydrogen (secondary N) is 1. The molecule has 2 aliphatic heterocycles. The van der Waals surface area contributed by atoms with E-state index in [4.69, 9.17) is 32.7 Å². The molecule has 11 heteroatoms. The summed E-state index contributed by atoms with van der Waals surface area (Å²) in [7, 11) is 1.60. The number of carbonyl (C=O) groups is 2. The maximum Gasteiger partial charge on any atom is 0.305 e. The molecule has 230 valence electrons. The number of imide groups is 1. The van der Waals surface area contributed by atoms with Crippen molar-refractivity contribution in [3.05, 3.63) is 102 Å². The first-order valence-corrected chi connectivity index (χ1v) is 17.3. The minimum Gasteiger partial charge on any atom is -0.493 e. The lowest BCUT2D eigenvalue weighted by atomic mass is 9.68. The van der Waals surface area contributed by atoms with Gasteiger partial charge in [0.05, 0.1) is 29.7 Å². The molecule has 3 fully saturated rings. The molecule has 5 unspecified atom stereocenters. The first kappa shape index (κ1) is 29.2. The third-order valence-electron chi connectivity index (χ3n) is 9.96. The first-order valence-electron chi connectivity index (χ1n) is 14.8. The number of rotatable bonds is 6. The van der Waals surface area contributed by atoms with Crippen molar-refractivity contribution >= 4 is 63.8 Å².